The highest BCUT2D eigenvalue weighted by molar-refractivity contribution is 6.34. The van der Waals surface area contributed by atoms with Crippen molar-refractivity contribution in [3.63, 3.8) is 0 Å². The number of nitrogens with one attached hydrogen (secondary N) is 1. The molecule has 0 amide bonds. The van der Waals surface area contributed by atoms with E-state index in [0.717, 1.165) is 13.0 Å². The van der Waals surface area contributed by atoms with Gasteiger partial charge in [0.1, 0.15) is 0 Å². The van der Waals surface area contributed by atoms with Gasteiger partial charge < -0.3 is 5.32 Å². The van der Waals surface area contributed by atoms with E-state index in [2.05, 4.69) is 26.1 Å². The summed E-state index contributed by atoms with van der Waals surface area (Å²) in [6, 6.07) is 6.06. The second-order valence-corrected chi connectivity index (χ2v) is 5.25. The first-order valence-electron chi connectivity index (χ1n) is 5.74. The third-order valence-electron chi connectivity index (χ3n) is 2.52. The Hall–Kier alpha value is -0.240. The minimum atomic E-state index is 0.316. The largest absolute Gasteiger partial charge is 0.310 e. The molecule has 0 aliphatic rings. The molecule has 1 aromatic rings. The number of benzene rings is 1. The van der Waals surface area contributed by atoms with Gasteiger partial charge in [0.15, 0.2) is 0 Å². The molecule has 1 atom stereocenters. The first-order chi connectivity index (χ1) is 7.54. The van der Waals surface area contributed by atoms with E-state index in [4.69, 9.17) is 23.2 Å². The van der Waals surface area contributed by atoms with Gasteiger partial charge in [0, 0.05) is 16.1 Å². The molecule has 1 rings (SSSR count). The van der Waals surface area contributed by atoms with Crippen LogP contribution in [0, 0.1) is 5.92 Å². The lowest BCUT2D eigenvalue weighted by Gasteiger charge is -2.23. The van der Waals surface area contributed by atoms with Crippen molar-refractivity contribution in [3.05, 3.63) is 33.8 Å². The highest BCUT2D eigenvalue weighted by Crippen LogP contribution is 2.27. The molecule has 1 N–H and O–H groups in total. The minimum absolute atomic E-state index is 0.316. The molecule has 0 heterocycles. The Morgan fingerprint density at radius 3 is 2.12 bits per heavy atom. The summed E-state index contributed by atoms with van der Waals surface area (Å²) in [6.07, 6.45) is 1.12. The van der Waals surface area contributed by atoms with E-state index >= 15 is 0 Å². The van der Waals surface area contributed by atoms with Gasteiger partial charge in [0.25, 0.3) is 0 Å². The zero-order valence-corrected chi connectivity index (χ0v) is 11.6. The first kappa shape index (κ1) is 13.8. The van der Waals surface area contributed by atoms with Gasteiger partial charge in [0.05, 0.1) is 0 Å². The van der Waals surface area contributed by atoms with Gasteiger partial charge in [-0.2, -0.15) is 0 Å². The molecular weight excluding hydrogens is 241 g/mol. The summed E-state index contributed by atoms with van der Waals surface area (Å²) in [6.45, 7) is 7.56. The Balaban J connectivity index is 2.91. The van der Waals surface area contributed by atoms with Crippen molar-refractivity contribution in [2.75, 3.05) is 6.54 Å². The Labute approximate surface area is 108 Å². The quantitative estimate of drug-likeness (QED) is 0.809. The monoisotopic (exact) mass is 259 g/mol. The Bertz CT molecular complexity index is 316. The summed E-state index contributed by atoms with van der Waals surface area (Å²) >= 11 is 12.0. The second-order valence-electron chi connectivity index (χ2n) is 4.38. The lowest BCUT2D eigenvalue weighted by molar-refractivity contribution is 0.413. The second kappa shape index (κ2) is 6.48. The van der Waals surface area contributed by atoms with Crippen LogP contribution in [0.3, 0.4) is 0 Å². The zero-order valence-electron chi connectivity index (χ0n) is 10.1. The molecule has 0 saturated carbocycles. The standard InChI is InChI=1S/C13H19Cl2N/c1-4-5-16-13(9(2)3)10-6-11(14)8-12(15)7-10/h6-9,13,16H,4-5H2,1-3H3. The maximum absolute atomic E-state index is 6.02. The van der Waals surface area contributed by atoms with Gasteiger partial charge in [-0.25, -0.2) is 0 Å². The van der Waals surface area contributed by atoms with Crippen LogP contribution in [0.25, 0.3) is 0 Å². The predicted molar refractivity (Wildman–Crippen MR) is 72.3 cm³/mol. The highest BCUT2D eigenvalue weighted by Gasteiger charge is 2.15. The fourth-order valence-electron chi connectivity index (χ4n) is 1.79. The molecule has 0 fully saturated rings. The maximum atomic E-state index is 6.02. The topological polar surface area (TPSA) is 12.0 Å². The van der Waals surface area contributed by atoms with Gasteiger partial charge >= 0.3 is 0 Å². The summed E-state index contributed by atoms with van der Waals surface area (Å²) in [4.78, 5) is 0. The van der Waals surface area contributed by atoms with Crippen molar-refractivity contribution >= 4 is 23.2 Å². The van der Waals surface area contributed by atoms with E-state index < -0.39 is 0 Å². The first-order valence-corrected chi connectivity index (χ1v) is 6.49. The summed E-state index contributed by atoms with van der Waals surface area (Å²) in [5, 5.41) is 4.92. The van der Waals surface area contributed by atoms with Crippen LogP contribution >= 0.6 is 23.2 Å². The van der Waals surface area contributed by atoms with Crippen molar-refractivity contribution in [3.8, 4) is 0 Å². The van der Waals surface area contributed by atoms with Gasteiger partial charge in [-0.1, -0.05) is 44.0 Å². The molecule has 0 aromatic heterocycles. The fourth-order valence-corrected chi connectivity index (χ4v) is 2.34. The number of hydrogen-bond acceptors (Lipinski definition) is 1. The number of halogens is 2. The molecule has 0 spiro atoms. The highest BCUT2D eigenvalue weighted by atomic mass is 35.5. The van der Waals surface area contributed by atoms with Gasteiger partial charge in [0.2, 0.25) is 0 Å². The maximum Gasteiger partial charge on any atom is 0.0424 e. The molecule has 0 radical (unpaired) electrons. The number of rotatable bonds is 5. The van der Waals surface area contributed by atoms with E-state index in [-0.39, 0.29) is 0 Å². The summed E-state index contributed by atoms with van der Waals surface area (Å²) in [5.74, 6) is 0.515. The molecule has 16 heavy (non-hydrogen) atoms. The fraction of sp³-hybridized carbons (Fsp3) is 0.538. The van der Waals surface area contributed by atoms with Crippen LogP contribution in [0.1, 0.15) is 38.8 Å². The number of hydrogen-bond donors (Lipinski definition) is 1. The van der Waals surface area contributed by atoms with Crippen LogP contribution in [-0.4, -0.2) is 6.54 Å². The third-order valence-corrected chi connectivity index (χ3v) is 2.96. The molecule has 0 aliphatic carbocycles. The van der Waals surface area contributed by atoms with Crippen LogP contribution < -0.4 is 5.32 Å². The molecule has 0 saturated heterocycles. The van der Waals surface area contributed by atoms with Crippen LogP contribution in [0.2, 0.25) is 10.0 Å². The molecular formula is C13H19Cl2N. The normalized spacial score (nSPS) is 13.1. The van der Waals surface area contributed by atoms with Crippen molar-refractivity contribution < 1.29 is 0 Å². The predicted octanol–water partition coefficient (Wildman–Crippen LogP) is 4.69. The van der Waals surface area contributed by atoms with Gasteiger partial charge in [-0.05, 0) is 42.6 Å². The Morgan fingerprint density at radius 1 is 1.12 bits per heavy atom. The summed E-state index contributed by atoms with van der Waals surface area (Å²) < 4.78 is 0. The van der Waals surface area contributed by atoms with E-state index in [1.165, 1.54) is 5.56 Å². The molecule has 1 unspecified atom stereocenters. The Morgan fingerprint density at radius 2 is 1.69 bits per heavy atom. The average molecular weight is 260 g/mol. The summed E-state index contributed by atoms with van der Waals surface area (Å²) in [5.41, 5.74) is 1.17. The van der Waals surface area contributed by atoms with E-state index in [0.29, 0.717) is 22.0 Å². The molecule has 90 valence electrons. The van der Waals surface area contributed by atoms with E-state index in [1.807, 2.05) is 12.1 Å². The van der Waals surface area contributed by atoms with Crippen LogP contribution in [0.5, 0.6) is 0 Å². The van der Waals surface area contributed by atoms with Crippen LogP contribution in [0.15, 0.2) is 18.2 Å². The van der Waals surface area contributed by atoms with Crippen molar-refractivity contribution in [1.82, 2.24) is 5.32 Å². The molecule has 1 nitrogen and oxygen atoms in total. The average Bonchev–Trinajstić information content (AvgIpc) is 2.16. The SMILES string of the molecule is CCCNC(c1cc(Cl)cc(Cl)c1)C(C)C. The molecule has 3 heteroatoms. The van der Waals surface area contributed by atoms with Crippen molar-refractivity contribution in [2.24, 2.45) is 5.92 Å². The lowest BCUT2D eigenvalue weighted by Crippen LogP contribution is -2.26. The van der Waals surface area contributed by atoms with Crippen molar-refractivity contribution in [1.29, 1.82) is 0 Å². The molecule has 0 bridgehead atoms. The lowest BCUT2D eigenvalue weighted by atomic mass is 9.96. The summed E-state index contributed by atoms with van der Waals surface area (Å²) in [7, 11) is 0. The van der Waals surface area contributed by atoms with Gasteiger partial charge in [-0.3, -0.25) is 0 Å². The minimum Gasteiger partial charge on any atom is -0.310 e. The molecule has 1 aromatic carbocycles. The third kappa shape index (κ3) is 3.97. The van der Waals surface area contributed by atoms with E-state index in [9.17, 15) is 0 Å². The van der Waals surface area contributed by atoms with Crippen LogP contribution in [-0.2, 0) is 0 Å². The Kier molecular flexibility index (Phi) is 5.60. The molecule has 0 aliphatic heterocycles. The van der Waals surface area contributed by atoms with Crippen LogP contribution in [0.4, 0.5) is 0 Å². The van der Waals surface area contributed by atoms with Gasteiger partial charge in [-0.15, -0.1) is 0 Å². The van der Waals surface area contributed by atoms with Crippen molar-refractivity contribution in [2.45, 2.75) is 33.2 Å². The van der Waals surface area contributed by atoms with E-state index in [1.54, 1.807) is 6.07 Å². The zero-order chi connectivity index (χ0) is 12.1. The smallest absolute Gasteiger partial charge is 0.0424 e.